The summed E-state index contributed by atoms with van der Waals surface area (Å²) in [6, 6.07) is 16.5. The van der Waals surface area contributed by atoms with E-state index in [0.29, 0.717) is 10.7 Å². The maximum Gasteiger partial charge on any atom is 0.251 e. The van der Waals surface area contributed by atoms with Crippen LogP contribution in [0.2, 0.25) is 0 Å². The summed E-state index contributed by atoms with van der Waals surface area (Å²) >= 11 is 4.76. The maximum atomic E-state index is 12.9. The average Bonchev–Trinajstić information content (AvgIpc) is 3.09. The van der Waals surface area contributed by atoms with Gasteiger partial charge in [-0.15, -0.1) is 11.3 Å². The van der Waals surface area contributed by atoms with Crippen molar-refractivity contribution in [3.8, 4) is 0 Å². The molecule has 7 heteroatoms. The number of aromatic nitrogens is 1. The van der Waals surface area contributed by atoms with E-state index >= 15 is 0 Å². The van der Waals surface area contributed by atoms with Crippen LogP contribution in [0, 0.1) is 6.92 Å². The molecule has 3 aromatic rings. The first-order valence-corrected chi connectivity index (χ1v) is 10.1. The molecule has 1 heterocycles. The van der Waals surface area contributed by atoms with Crippen LogP contribution in [0.15, 0.2) is 64.5 Å². The van der Waals surface area contributed by atoms with Crippen LogP contribution in [0.5, 0.6) is 0 Å². The van der Waals surface area contributed by atoms with E-state index in [-0.39, 0.29) is 24.8 Å². The van der Waals surface area contributed by atoms with Gasteiger partial charge < -0.3 is 5.32 Å². The lowest BCUT2D eigenvalue weighted by Gasteiger charge is -2.20. The van der Waals surface area contributed by atoms with E-state index in [1.54, 1.807) is 17.0 Å². The second kappa shape index (κ2) is 8.92. The molecule has 3 rings (SSSR count). The number of rotatable bonds is 6. The molecule has 0 atom stereocenters. The highest BCUT2D eigenvalue weighted by Crippen LogP contribution is 2.29. The molecule has 138 valence electrons. The predicted octanol–water partition coefficient (Wildman–Crippen LogP) is 4.70. The molecule has 0 unspecified atom stereocenters. The third-order valence-corrected chi connectivity index (χ3v) is 5.27. The minimum atomic E-state index is -0.202. The van der Waals surface area contributed by atoms with Gasteiger partial charge in [0.05, 0.1) is 11.4 Å². The summed E-state index contributed by atoms with van der Waals surface area (Å²) in [6.45, 7) is 2.15. The predicted molar refractivity (Wildman–Crippen MR) is 112 cm³/mol. The summed E-state index contributed by atoms with van der Waals surface area (Å²) < 4.78 is 0.909. The normalized spacial score (nSPS) is 10.4. The Morgan fingerprint density at radius 1 is 1.11 bits per heavy atom. The van der Waals surface area contributed by atoms with Gasteiger partial charge in [0.15, 0.2) is 5.13 Å². The van der Waals surface area contributed by atoms with Crippen LogP contribution in [-0.2, 0) is 4.79 Å². The Hall–Kier alpha value is -2.51. The maximum absolute atomic E-state index is 12.9. The largest absolute Gasteiger partial charge is 0.352 e. The Morgan fingerprint density at radius 3 is 2.44 bits per heavy atom. The van der Waals surface area contributed by atoms with Gasteiger partial charge in [-0.3, -0.25) is 14.5 Å². The number of halogens is 1. The SMILES string of the molecule is Cc1csc(N(C(=O)CCNC(=O)c2ccc(Br)cc2)c2ccccc2)n1. The topological polar surface area (TPSA) is 62.3 Å². The number of carbonyl (C=O) groups is 2. The fourth-order valence-electron chi connectivity index (χ4n) is 2.48. The summed E-state index contributed by atoms with van der Waals surface area (Å²) in [5.74, 6) is -0.321. The number of carbonyl (C=O) groups excluding carboxylic acids is 2. The van der Waals surface area contributed by atoms with Crippen molar-refractivity contribution in [2.45, 2.75) is 13.3 Å². The molecule has 0 radical (unpaired) electrons. The summed E-state index contributed by atoms with van der Waals surface area (Å²) in [5, 5.41) is 5.33. The molecule has 0 saturated carbocycles. The van der Waals surface area contributed by atoms with Gasteiger partial charge in [-0.1, -0.05) is 34.1 Å². The lowest BCUT2D eigenvalue weighted by atomic mass is 10.2. The lowest BCUT2D eigenvalue weighted by Crippen LogP contribution is -2.31. The summed E-state index contributed by atoms with van der Waals surface area (Å²) in [4.78, 5) is 31.1. The van der Waals surface area contributed by atoms with E-state index in [1.165, 1.54) is 11.3 Å². The summed E-state index contributed by atoms with van der Waals surface area (Å²) in [5.41, 5.74) is 2.18. The Morgan fingerprint density at radius 2 is 1.81 bits per heavy atom. The zero-order chi connectivity index (χ0) is 19.2. The van der Waals surface area contributed by atoms with Gasteiger partial charge in [-0.25, -0.2) is 4.98 Å². The number of anilines is 2. The van der Waals surface area contributed by atoms with Crippen molar-refractivity contribution in [1.82, 2.24) is 10.3 Å². The third kappa shape index (κ3) is 5.02. The fourth-order valence-corrected chi connectivity index (χ4v) is 3.58. The molecule has 0 spiro atoms. The second-order valence-electron chi connectivity index (χ2n) is 5.85. The van der Waals surface area contributed by atoms with Crippen molar-refractivity contribution in [3.63, 3.8) is 0 Å². The highest BCUT2D eigenvalue weighted by Gasteiger charge is 2.20. The molecule has 0 aliphatic heterocycles. The fraction of sp³-hybridized carbons (Fsp3) is 0.150. The third-order valence-electron chi connectivity index (χ3n) is 3.79. The number of amides is 2. The number of benzene rings is 2. The van der Waals surface area contributed by atoms with E-state index in [9.17, 15) is 9.59 Å². The van der Waals surface area contributed by atoms with Crippen LogP contribution in [0.25, 0.3) is 0 Å². The number of aryl methyl sites for hydroxylation is 1. The Balaban J connectivity index is 1.66. The molecule has 27 heavy (non-hydrogen) atoms. The molecule has 1 N–H and O–H groups in total. The molecule has 2 aromatic carbocycles. The van der Waals surface area contributed by atoms with Gasteiger partial charge in [0.2, 0.25) is 5.91 Å². The minimum absolute atomic E-state index is 0.119. The Bertz CT molecular complexity index is 926. The first kappa shape index (κ1) is 19.3. The van der Waals surface area contributed by atoms with Crippen molar-refractivity contribution in [1.29, 1.82) is 0 Å². The van der Waals surface area contributed by atoms with Crippen molar-refractivity contribution in [2.24, 2.45) is 0 Å². The molecule has 0 aliphatic rings. The van der Waals surface area contributed by atoms with Crippen molar-refractivity contribution in [2.75, 3.05) is 11.4 Å². The zero-order valence-electron chi connectivity index (χ0n) is 14.7. The first-order chi connectivity index (χ1) is 13.0. The molecule has 0 aliphatic carbocycles. The van der Waals surface area contributed by atoms with E-state index in [2.05, 4.69) is 26.2 Å². The Kier molecular flexibility index (Phi) is 6.36. The smallest absolute Gasteiger partial charge is 0.251 e. The lowest BCUT2D eigenvalue weighted by molar-refractivity contribution is -0.117. The monoisotopic (exact) mass is 443 g/mol. The van der Waals surface area contributed by atoms with Crippen molar-refractivity contribution >= 4 is 49.9 Å². The van der Waals surface area contributed by atoms with Crippen molar-refractivity contribution in [3.05, 3.63) is 75.7 Å². The highest BCUT2D eigenvalue weighted by atomic mass is 79.9. The summed E-state index contributed by atoms with van der Waals surface area (Å²) in [7, 11) is 0. The van der Waals surface area contributed by atoms with E-state index in [4.69, 9.17) is 0 Å². The number of hydrogen-bond donors (Lipinski definition) is 1. The van der Waals surface area contributed by atoms with Crippen molar-refractivity contribution < 1.29 is 9.59 Å². The van der Waals surface area contributed by atoms with Gasteiger partial charge in [0, 0.05) is 28.4 Å². The highest BCUT2D eigenvalue weighted by molar-refractivity contribution is 9.10. The van der Waals surface area contributed by atoms with E-state index in [1.807, 2.05) is 54.8 Å². The van der Waals surface area contributed by atoms with Crippen LogP contribution in [0.1, 0.15) is 22.5 Å². The van der Waals surface area contributed by atoms with Crippen LogP contribution < -0.4 is 10.2 Å². The van der Waals surface area contributed by atoms with Gasteiger partial charge in [0.1, 0.15) is 0 Å². The average molecular weight is 444 g/mol. The molecular weight excluding hydrogens is 426 g/mol. The van der Waals surface area contributed by atoms with E-state index in [0.717, 1.165) is 15.9 Å². The molecule has 5 nitrogen and oxygen atoms in total. The van der Waals surface area contributed by atoms with Gasteiger partial charge in [-0.2, -0.15) is 0 Å². The van der Waals surface area contributed by atoms with Crippen LogP contribution in [0.3, 0.4) is 0 Å². The summed E-state index contributed by atoms with van der Waals surface area (Å²) in [6.07, 6.45) is 0.176. The number of nitrogens with zero attached hydrogens (tertiary/aromatic N) is 2. The number of thiazole rings is 1. The van der Waals surface area contributed by atoms with E-state index < -0.39 is 0 Å². The molecule has 1 aromatic heterocycles. The number of para-hydroxylation sites is 1. The van der Waals surface area contributed by atoms with Crippen LogP contribution in [-0.4, -0.2) is 23.3 Å². The number of nitrogens with one attached hydrogen (secondary N) is 1. The Labute approximate surface area is 170 Å². The molecular formula is C20H18BrN3O2S. The zero-order valence-corrected chi connectivity index (χ0v) is 17.1. The second-order valence-corrected chi connectivity index (χ2v) is 7.60. The first-order valence-electron chi connectivity index (χ1n) is 8.38. The number of hydrogen-bond acceptors (Lipinski definition) is 4. The molecule has 0 bridgehead atoms. The molecule has 2 amide bonds. The standard InChI is InChI=1S/C20H18BrN3O2S/c1-14-13-27-20(23-14)24(17-5-3-2-4-6-17)18(25)11-12-22-19(26)15-7-9-16(21)10-8-15/h2-10,13H,11-12H2,1H3,(H,22,26). The van der Waals surface area contributed by atoms with Gasteiger partial charge in [0.25, 0.3) is 5.91 Å². The molecule has 0 saturated heterocycles. The van der Waals surface area contributed by atoms with Crippen LogP contribution in [0.4, 0.5) is 10.8 Å². The van der Waals surface area contributed by atoms with Gasteiger partial charge >= 0.3 is 0 Å². The quantitative estimate of drug-likeness (QED) is 0.600. The minimum Gasteiger partial charge on any atom is -0.352 e. The van der Waals surface area contributed by atoms with Crippen LogP contribution >= 0.6 is 27.3 Å². The molecule has 0 fully saturated rings. The van der Waals surface area contributed by atoms with Gasteiger partial charge in [-0.05, 0) is 43.3 Å².